The fraction of sp³-hybridized carbons (Fsp3) is 0.444. The highest BCUT2D eigenvalue weighted by Gasteiger charge is 2.32. The molecule has 0 atom stereocenters. The second kappa shape index (κ2) is 6.73. The molecule has 1 amide bonds. The van der Waals surface area contributed by atoms with Gasteiger partial charge in [-0.1, -0.05) is 31.4 Å². The molecule has 0 aliphatic heterocycles. The summed E-state index contributed by atoms with van der Waals surface area (Å²) in [6.45, 7) is 0.204. The molecular weight excluding hydrogens is 313 g/mol. The third-order valence-corrected chi connectivity index (χ3v) is 4.82. The van der Waals surface area contributed by atoms with Crippen LogP contribution in [0.5, 0.6) is 0 Å². The molecule has 0 saturated heterocycles. The van der Waals surface area contributed by atoms with E-state index in [1.165, 1.54) is 12.1 Å². The van der Waals surface area contributed by atoms with Gasteiger partial charge in [0.15, 0.2) is 0 Å². The van der Waals surface area contributed by atoms with Crippen LogP contribution >= 0.6 is 0 Å². The molecule has 1 aliphatic carbocycles. The molecule has 6 heteroatoms. The largest absolute Gasteiger partial charge is 0.448 e. The van der Waals surface area contributed by atoms with Gasteiger partial charge in [0.2, 0.25) is 17.0 Å². The van der Waals surface area contributed by atoms with Gasteiger partial charge >= 0.3 is 0 Å². The smallest absolute Gasteiger partial charge is 0.290 e. The van der Waals surface area contributed by atoms with E-state index in [0.29, 0.717) is 0 Å². The number of benzene rings is 1. The molecule has 2 aromatic rings. The number of aliphatic hydroxyl groups excluding tert-OH is 1. The zero-order chi connectivity index (χ0) is 17.2. The molecule has 5 nitrogen and oxygen atoms in total. The summed E-state index contributed by atoms with van der Waals surface area (Å²) in [5, 5.41) is 12.4. The van der Waals surface area contributed by atoms with E-state index in [2.05, 4.69) is 5.32 Å². The lowest BCUT2D eigenvalue weighted by molar-refractivity contribution is 0.0701. The first-order valence-electron chi connectivity index (χ1n) is 8.17. The Labute approximate surface area is 138 Å². The van der Waals surface area contributed by atoms with Crippen molar-refractivity contribution in [1.82, 2.24) is 5.32 Å². The van der Waals surface area contributed by atoms with Gasteiger partial charge in [-0.3, -0.25) is 9.59 Å². The predicted molar refractivity (Wildman–Crippen MR) is 87.4 cm³/mol. The highest BCUT2D eigenvalue weighted by atomic mass is 19.1. The van der Waals surface area contributed by atoms with Gasteiger partial charge < -0.3 is 14.8 Å². The molecule has 3 rings (SSSR count). The molecule has 2 N–H and O–H groups in total. The van der Waals surface area contributed by atoms with Crippen molar-refractivity contribution in [3.63, 3.8) is 0 Å². The average molecular weight is 333 g/mol. The zero-order valence-corrected chi connectivity index (χ0v) is 13.3. The molecule has 1 fully saturated rings. The number of carbonyl (C=O) groups excluding carboxylic acids is 1. The molecule has 128 valence electrons. The minimum absolute atomic E-state index is 0.0303. The lowest BCUT2D eigenvalue weighted by Gasteiger charge is -2.35. The van der Waals surface area contributed by atoms with Crippen LogP contribution in [-0.2, 0) is 0 Å². The van der Waals surface area contributed by atoms with E-state index >= 15 is 0 Å². The Morgan fingerprint density at radius 2 is 1.96 bits per heavy atom. The lowest BCUT2D eigenvalue weighted by atomic mass is 9.74. The van der Waals surface area contributed by atoms with Gasteiger partial charge in [0.1, 0.15) is 5.58 Å². The van der Waals surface area contributed by atoms with Crippen LogP contribution in [0.4, 0.5) is 4.39 Å². The summed E-state index contributed by atoms with van der Waals surface area (Å²) in [4.78, 5) is 24.3. The molecule has 1 aromatic heterocycles. The molecule has 24 heavy (non-hydrogen) atoms. The molecular formula is C18H20FNO4. The van der Waals surface area contributed by atoms with Crippen molar-refractivity contribution in [2.24, 2.45) is 5.41 Å². The topological polar surface area (TPSA) is 79.5 Å². The van der Waals surface area contributed by atoms with Crippen molar-refractivity contribution < 1.29 is 18.7 Å². The van der Waals surface area contributed by atoms with Crippen LogP contribution in [0.1, 0.15) is 42.7 Å². The number of hydrogen-bond donors (Lipinski definition) is 2. The van der Waals surface area contributed by atoms with E-state index in [4.69, 9.17) is 4.42 Å². The van der Waals surface area contributed by atoms with Crippen LogP contribution in [0, 0.1) is 11.2 Å². The number of nitrogens with one attached hydrogen (secondary N) is 1. The zero-order valence-electron chi connectivity index (χ0n) is 13.3. The first-order chi connectivity index (χ1) is 11.6. The molecule has 1 aliphatic rings. The summed E-state index contributed by atoms with van der Waals surface area (Å²) in [5.74, 6) is -2.57. The number of hydrogen-bond acceptors (Lipinski definition) is 4. The van der Waals surface area contributed by atoms with Crippen molar-refractivity contribution in [3.8, 4) is 0 Å². The molecule has 1 heterocycles. The Morgan fingerprint density at radius 3 is 2.67 bits per heavy atom. The fourth-order valence-electron chi connectivity index (χ4n) is 3.31. The van der Waals surface area contributed by atoms with Crippen LogP contribution in [0.25, 0.3) is 11.0 Å². The van der Waals surface area contributed by atoms with Crippen molar-refractivity contribution in [2.75, 3.05) is 13.2 Å². The maximum Gasteiger partial charge on any atom is 0.290 e. The van der Waals surface area contributed by atoms with Gasteiger partial charge in [-0.25, -0.2) is 0 Å². The third-order valence-electron chi connectivity index (χ3n) is 4.82. The Morgan fingerprint density at radius 1 is 1.25 bits per heavy atom. The summed E-state index contributed by atoms with van der Waals surface area (Å²) >= 11 is 0. The highest BCUT2D eigenvalue weighted by Crippen LogP contribution is 2.35. The number of para-hydroxylation sites is 1. The van der Waals surface area contributed by atoms with Gasteiger partial charge in [0.25, 0.3) is 5.91 Å². The van der Waals surface area contributed by atoms with Gasteiger partial charge in [0, 0.05) is 12.0 Å². The Bertz CT molecular complexity index is 808. The van der Waals surface area contributed by atoms with Crippen molar-refractivity contribution in [2.45, 2.75) is 32.1 Å². The first kappa shape index (κ1) is 16.6. The van der Waals surface area contributed by atoms with Gasteiger partial charge in [0.05, 0.1) is 12.0 Å². The third kappa shape index (κ3) is 3.06. The Kier molecular flexibility index (Phi) is 4.66. The fourth-order valence-corrected chi connectivity index (χ4v) is 3.31. The quantitative estimate of drug-likeness (QED) is 0.901. The summed E-state index contributed by atoms with van der Waals surface area (Å²) in [6, 6.07) is 6.22. The molecule has 0 spiro atoms. The summed E-state index contributed by atoms with van der Waals surface area (Å²) < 4.78 is 19.5. The van der Waals surface area contributed by atoms with Crippen molar-refractivity contribution in [3.05, 3.63) is 46.1 Å². The maximum atomic E-state index is 14.2. The van der Waals surface area contributed by atoms with Crippen LogP contribution < -0.4 is 10.7 Å². The number of rotatable bonds is 4. The normalized spacial score (nSPS) is 16.9. The molecule has 1 saturated carbocycles. The second-order valence-corrected chi connectivity index (χ2v) is 6.47. The SMILES string of the molecule is O=C(NCC1(CO)CCCCC1)c1oc2ccccc2c(=O)c1F. The van der Waals surface area contributed by atoms with Crippen LogP contribution in [0.2, 0.25) is 0 Å². The summed E-state index contributed by atoms with van der Waals surface area (Å²) in [6.07, 6.45) is 4.73. The van der Waals surface area contributed by atoms with E-state index in [1.807, 2.05) is 0 Å². The van der Waals surface area contributed by atoms with Gasteiger partial charge in [-0.05, 0) is 25.0 Å². The van der Waals surface area contributed by atoms with Crippen LogP contribution in [-0.4, -0.2) is 24.2 Å². The number of aliphatic hydroxyl groups is 1. The molecule has 1 aromatic carbocycles. The number of carbonyl (C=O) groups is 1. The average Bonchev–Trinajstić information content (AvgIpc) is 2.63. The van der Waals surface area contributed by atoms with Gasteiger partial charge in [-0.15, -0.1) is 0 Å². The monoisotopic (exact) mass is 333 g/mol. The minimum atomic E-state index is -1.19. The standard InChI is InChI=1S/C18H20FNO4/c19-14-15(22)12-6-2-3-7-13(12)24-16(14)17(23)20-10-18(11-21)8-4-1-5-9-18/h2-3,6-7,21H,1,4-5,8-11H2,(H,20,23). The summed E-state index contributed by atoms with van der Waals surface area (Å²) in [5.41, 5.74) is -1.05. The highest BCUT2D eigenvalue weighted by molar-refractivity contribution is 5.93. The molecule has 0 radical (unpaired) electrons. The van der Waals surface area contributed by atoms with Crippen molar-refractivity contribution in [1.29, 1.82) is 0 Å². The minimum Gasteiger partial charge on any atom is -0.448 e. The van der Waals surface area contributed by atoms with Crippen molar-refractivity contribution >= 4 is 16.9 Å². The van der Waals surface area contributed by atoms with E-state index < -0.39 is 22.9 Å². The second-order valence-electron chi connectivity index (χ2n) is 6.47. The number of halogens is 1. The van der Waals surface area contributed by atoms with E-state index in [9.17, 15) is 19.1 Å². The number of amides is 1. The van der Waals surface area contributed by atoms with Crippen LogP contribution in [0.15, 0.2) is 33.5 Å². The van der Waals surface area contributed by atoms with Crippen LogP contribution in [0.3, 0.4) is 0 Å². The van der Waals surface area contributed by atoms with E-state index in [0.717, 1.165) is 32.1 Å². The molecule has 0 bridgehead atoms. The van der Waals surface area contributed by atoms with E-state index in [-0.39, 0.29) is 29.5 Å². The predicted octanol–water partition coefficient (Wildman–Crippen LogP) is 2.60. The molecule has 0 unspecified atom stereocenters. The first-order valence-corrected chi connectivity index (χ1v) is 8.17. The van der Waals surface area contributed by atoms with E-state index in [1.54, 1.807) is 12.1 Å². The summed E-state index contributed by atoms with van der Waals surface area (Å²) in [7, 11) is 0. The Hall–Kier alpha value is -2.21. The lowest BCUT2D eigenvalue weighted by Crippen LogP contribution is -2.41. The Balaban J connectivity index is 1.84. The maximum absolute atomic E-state index is 14.2. The van der Waals surface area contributed by atoms with Gasteiger partial charge in [-0.2, -0.15) is 4.39 Å². The number of fused-ring (bicyclic) bond motifs is 1.